The van der Waals surface area contributed by atoms with Crippen molar-refractivity contribution in [3.05, 3.63) is 23.2 Å². The molecule has 0 aliphatic heterocycles. The van der Waals surface area contributed by atoms with Crippen LogP contribution in [0.4, 0.5) is 0 Å². The Balaban J connectivity index is 2.57. The lowest BCUT2D eigenvalue weighted by molar-refractivity contribution is -0.141. The second kappa shape index (κ2) is 6.90. The first kappa shape index (κ1) is 14.4. The second-order valence-electron chi connectivity index (χ2n) is 3.76. The van der Waals surface area contributed by atoms with E-state index in [9.17, 15) is 9.59 Å². The topological polar surface area (TPSA) is 92.2 Å². The molecular formula is C11H14ClN3O3. The predicted octanol–water partition coefficient (Wildman–Crippen LogP) is 1.36. The fourth-order valence-corrected chi connectivity index (χ4v) is 1.57. The van der Waals surface area contributed by atoms with E-state index in [1.165, 1.54) is 12.4 Å². The van der Waals surface area contributed by atoms with Gasteiger partial charge in [0.1, 0.15) is 10.8 Å². The third-order valence-corrected chi connectivity index (χ3v) is 2.52. The molecule has 2 N–H and O–H groups in total. The van der Waals surface area contributed by atoms with Crippen LogP contribution in [0.1, 0.15) is 30.3 Å². The van der Waals surface area contributed by atoms with E-state index in [1.807, 2.05) is 6.92 Å². The van der Waals surface area contributed by atoms with Gasteiger partial charge in [-0.3, -0.25) is 14.6 Å². The maximum absolute atomic E-state index is 11.7. The Morgan fingerprint density at radius 3 is 2.78 bits per heavy atom. The standard InChI is InChI=1S/C11H14ClN3O3/c1-2-3-7(11(17)18)4-14-10(16)8-5-13-6-9(12)15-8/h5-7H,2-4H2,1H3,(H,14,16)(H,17,18). The number of hydrogen-bond acceptors (Lipinski definition) is 4. The molecule has 1 rings (SSSR count). The first-order valence-electron chi connectivity index (χ1n) is 5.53. The molecule has 0 aliphatic rings. The van der Waals surface area contributed by atoms with Crippen molar-refractivity contribution in [2.75, 3.05) is 6.54 Å². The molecule has 0 saturated carbocycles. The Hall–Kier alpha value is -1.69. The number of amides is 1. The molecule has 6 nitrogen and oxygen atoms in total. The number of carboxylic acid groups (broad SMARTS) is 1. The van der Waals surface area contributed by atoms with Gasteiger partial charge in [-0.15, -0.1) is 0 Å². The van der Waals surface area contributed by atoms with Crippen molar-refractivity contribution in [2.24, 2.45) is 5.92 Å². The van der Waals surface area contributed by atoms with Crippen molar-refractivity contribution in [1.29, 1.82) is 0 Å². The second-order valence-corrected chi connectivity index (χ2v) is 4.15. The van der Waals surface area contributed by atoms with Crippen LogP contribution in [-0.4, -0.2) is 33.5 Å². The van der Waals surface area contributed by atoms with Gasteiger partial charge in [-0.05, 0) is 6.42 Å². The molecule has 0 bridgehead atoms. The summed E-state index contributed by atoms with van der Waals surface area (Å²) in [4.78, 5) is 30.1. The van der Waals surface area contributed by atoms with Crippen molar-refractivity contribution in [3.8, 4) is 0 Å². The Kier molecular flexibility index (Phi) is 5.51. The molecule has 18 heavy (non-hydrogen) atoms. The number of aromatic nitrogens is 2. The molecule has 0 fully saturated rings. The smallest absolute Gasteiger partial charge is 0.308 e. The van der Waals surface area contributed by atoms with Gasteiger partial charge >= 0.3 is 5.97 Å². The van der Waals surface area contributed by atoms with Gasteiger partial charge in [-0.2, -0.15) is 0 Å². The SMILES string of the molecule is CCCC(CNC(=O)c1cncc(Cl)n1)C(=O)O. The quantitative estimate of drug-likeness (QED) is 0.815. The molecule has 1 aromatic rings. The van der Waals surface area contributed by atoms with Gasteiger partial charge < -0.3 is 10.4 Å². The fourth-order valence-electron chi connectivity index (χ4n) is 1.42. The molecule has 1 aromatic heterocycles. The number of nitrogens with zero attached hydrogens (tertiary/aromatic N) is 2. The maximum Gasteiger partial charge on any atom is 0.308 e. The molecule has 0 saturated heterocycles. The number of carbonyl (C=O) groups is 2. The Labute approximate surface area is 109 Å². The van der Waals surface area contributed by atoms with E-state index in [0.29, 0.717) is 6.42 Å². The van der Waals surface area contributed by atoms with Gasteiger partial charge in [0.25, 0.3) is 5.91 Å². The van der Waals surface area contributed by atoms with E-state index in [4.69, 9.17) is 16.7 Å². The minimum Gasteiger partial charge on any atom is -0.481 e. The van der Waals surface area contributed by atoms with Crippen LogP contribution >= 0.6 is 11.6 Å². The summed E-state index contributed by atoms with van der Waals surface area (Å²) in [6.45, 7) is 1.95. The molecule has 1 unspecified atom stereocenters. The van der Waals surface area contributed by atoms with Crippen molar-refractivity contribution in [1.82, 2.24) is 15.3 Å². The Bertz CT molecular complexity index is 439. The van der Waals surface area contributed by atoms with Crippen molar-refractivity contribution in [3.63, 3.8) is 0 Å². The fraction of sp³-hybridized carbons (Fsp3) is 0.455. The van der Waals surface area contributed by atoms with Crippen molar-refractivity contribution < 1.29 is 14.7 Å². The van der Waals surface area contributed by atoms with Crippen LogP contribution in [-0.2, 0) is 4.79 Å². The van der Waals surface area contributed by atoms with Crippen LogP contribution in [0.15, 0.2) is 12.4 Å². The maximum atomic E-state index is 11.7. The summed E-state index contributed by atoms with van der Waals surface area (Å²) in [5, 5.41) is 11.6. The highest BCUT2D eigenvalue weighted by atomic mass is 35.5. The third-order valence-electron chi connectivity index (χ3n) is 2.33. The summed E-state index contributed by atoms with van der Waals surface area (Å²) >= 11 is 5.60. The summed E-state index contributed by atoms with van der Waals surface area (Å²) in [7, 11) is 0. The van der Waals surface area contributed by atoms with E-state index < -0.39 is 17.8 Å². The zero-order valence-corrected chi connectivity index (χ0v) is 10.6. The number of carbonyl (C=O) groups excluding carboxylic acids is 1. The number of aliphatic carboxylic acids is 1. The lowest BCUT2D eigenvalue weighted by Gasteiger charge is -2.11. The molecule has 1 amide bonds. The summed E-state index contributed by atoms with van der Waals surface area (Å²) < 4.78 is 0. The highest BCUT2D eigenvalue weighted by Gasteiger charge is 2.18. The number of carboxylic acids is 1. The van der Waals surface area contributed by atoms with Gasteiger partial charge in [-0.25, -0.2) is 4.98 Å². The minimum atomic E-state index is -0.922. The lowest BCUT2D eigenvalue weighted by atomic mass is 10.0. The van der Waals surface area contributed by atoms with E-state index in [2.05, 4.69) is 15.3 Å². The molecular weight excluding hydrogens is 258 g/mol. The number of rotatable bonds is 6. The summed E-state index contributed by atoms with van der Waals surface area (Å²) in [5.41, 5.74) is 0.0723. The number of hydrogen-bond donors (Lipinski definition) is 2. The third kappa shape index (κ3) is 4.29. The van der Waals surface area contributed by atoms with E-state index in [1.54, 1.807) is 0 Å². The normalized spacial score (nSPS) is 11.9. The van der Waals surface area contributed by atoms with Crippen LogP contribution in [0.2, 0.25) is 5.15 Å². The minimum absolute atomic E-state index is 0.0657. The van der Waals surface area contributed by atoms with Gasteiger partial charge in [0.05, 0.1) is 18.3 Å². The Morgan fingerprint density at radius 1 is 1.50 bits per heavy atom. The molecule has 0 spiro atoms. The van der Waals surface area contributed by atoms with Crippen LogP contribution in [0.3, 0.4) is 0 Å². The van der Waals surface area contributed by atoms with Crippen LogP contribution in [0.25, 0.3) is 0 Å². The highest BCUT2D eigenvalue weighted by Crippen LogP contribution is 2.06. The molecule has 7 heteroatoms. The summed E-state index contributed by atoms with van der Waals surface area (Å²) in [5.74, 6) is -1.99. The zero-order valence-electron chi connectivity index (χ0n) is 9.89. The first-order valence-corrected chi connectivity index (χ1v) is 5.91. The van der Waals surface area contributed by atoms with Crippen LogP contribution in [0.5, 0.6) is 0 Å². The predicted molar refractivity (Wildman–Crippen MR) is 65.4 cm³/mol. The number of halogens is 1. The monoisotopic (exact) mass is 271 g/mol. The van der Waals surface area contributed by atoms with Crippen molar-refractivity contribution >= 4 is 23.5 Å². The van der Waals surface area contributed by atoms with Gasteiger partial charge in [0.15, 0.2) is 0 Å². The average molecular weight is 272 g/mol. The molecule has 0 aromatic carbocycles. The molecule has 1 atom stereocenters. The molecule has 98 valence electrons. The first-order chi connectivity index (χ1) is 8.54. The Morgan fingerprint density at radius 2 is 2.22 bits per heavy atom. The highest BCUT2D eigenvalue weighted by molar-refractivity contribution is 6.29. The van der Waals surface area contributed by atoms with Crippen LogP contribution < -0.4 is 5.32 Å². The van der Waals surface area contributed by atoms with Gasteiger partial charge in [0, 0.05) is 6.54 Å². The van der Waals surface area contributed by atoms with Crippen molar-refractivity contribution in [2.45, 2.75) is 19.8 Å². The van der Waals surface area contributed by atoms with E-state index >= 15 is 0 Å². The molecule has 0 radical (unpaired) electrons. The van der Waals surface area contributed by atoms with Gasteiger partial charge in [0.2, 0.25) is 0 Å². The zero-order chi connectivity index (χ0) is 13.5. The number of nitrogens with one attached hydrogen (secondary N) is 1. The van der Waals surface area contributed by atoms with E-state index in [-0.39, 0.29) is 17.4 Å². The largest absolute Gasteiger partial charge is 0.481 e. The van der Waals surface area contributed by atoms with E-state index in [0.717, 1.165) is 6.42 Å². The molecule has 1 heterocycles. The summed E-state index contributed by atoms with van der Waals surface area (Å²) in [6.07, 6.45) is 3.84. The van der Waals surface area contributed by atoms with Gasteiger partial charge in [-0.1, -0.05) is 24.9 Å². The van der Waals surface area contributed by atoms with Crippen LogP contribution in [0, 0.1) is 5.92 Å². The average Bonchev–Trinajstić information content (AvgIpc) is 2.33. The summed E-state index contributed by atoms with van der Waals surface area (Å²) in [6, 6.07) is 0. The molecule has 0 aliphatic carbocycles. The lowest BCUT2D eigenvalue weighted by Crippen LogP contribution is -2.33.